The number of hydrogen-bond donors (Lipinski definition) is 2. The molecule has 0 aromatic carbocycles. The SMILES string of the molecule is CCn1cncc1CNCCC(=O)NCCOC. The molecule has 1 rings (SSSR count). The van der Waals surface area contributed by atoms with E-state index in [4.69, 9.17) is 4.74 Å². The molecular formula is C12H22N4O2. The Balaban J connectivity index is 2.09. The smallest absolute Gasteiger partial charge is 0.221 e. The van der Waals surface area contributed by atoms with Crippen molar-refractivity contribution >= 4 is 5.91 Å². The van der Waals surface area contributed by atoms with E-state index in [1.54, 1.807) is 7.11 Å². The van der Waals surface area contributed by atoms with Crippen LogP contribution in [0.2, 0.25) is 0 Å². The third-order valence-corrected chi connectivity index (χ3v) is 2.60. The van der Waals surface area contributed by atoms with Crippen molar-refractivity contribution in [2.45, 2.75) is 26.4 Å². The van der Waals surface area contributed by atoms with Crippen LogP contribution in [0.15, 0.2) is 12.5 Å². The summed E-state index contributed by atoms with van der Waals surface area (Å²) in [5, 5.41) is 6.01. The second-order valence-electron chi connectivity index (χ2n) is 3.94. The highest BCUT2D eigenvalue weighted by molar-refractivity contribution is 5.75. The first-order valence-corrected chi connectivity index (χ1v) is 6.23. The zero-order valence-electron chi connectivity index (χ0n) is 11.1. The van der Waals surface area contributed by atoms with Crippen LogP contribution in [0.1, 0.15) is 19.0 Å². The van der Waals surface area contributed by atoms with Gasteiger partial charge in [-0.05, 0) is 6.92 Å². The molecule has 0 aliphatic carbocycles. The number of imidazole rings is 1. The molecule has 0 atom stereocenters. The summed E-state index contributed by atoms with van der Waals surface area (Å²) >= 11 is 0. The van der Waals surface area contributed by atoms with E-state index in [9.17, 15) is 4.79 Å². The molecule has 6 heteroatoms. The number of ether oxygens (including phenoxy) is 1. The van der Waals surface area contributed by atoms with Gasteiger partial charge in [0.1, 0.15) is 0 Å². The van der Waals surface area contributed by atoms with Gasteiger partial charge in [0, 0.05) is 45.9 Å². The molecule has 2 N–H and O–H groups in total. The number of aryl methyl sites for hydroxylation is 1. The number of carbonyl (C=O) groups excluding carboxylic acids is 1. The Morgan fingerprint density at radius 1 is 1.50 bits per heavy atom. The number of rotatable bonds is 9. The van der Waals surface area contributed by atoms with E-state index >= 15 is 0 Å². The Labute approximate surface area is 108 Å². The van der Waals surface area contributed by atoms with Gasteiger partial charge >= 0.3 is 0 Å². The summed E-state index contributed by atoms with van der Waals surface area (Å²) in [6.45, 7) is 5.50. The van der Waals surface area contributed by atoms with Crippen molar-refractivity contribution in [1.29, 1.82) is 0 Å². The average Bonchev–Trinajstić information content (AvgIpc) is 2.82. The zero-order valence-corrected chi connectivity index (χ0v) is 11.1. The van der Waals surface area contributed by atoms with Gasteiger partial charge in [0.25, 0.3) is 0 Å². The molecule has 0 spiro atoms. The first-order valence-electron chi connectivity index (χ1n) is 6.23. The van der Waals surface area contributed by atoms with E-state index in [2.05, 4.69) is 27.1 Å². The van der Waals surface area contributed by atoms with Crippen molar-refractivity contribution in [1.82, 2.24) is 20.2 Å². The van der Waals surface area contributed by atoms with Crippen LogP contribution < -0.4 is 10.6 Å². The highest BCUT2D eigenvalue weighted by Gasteiger charge is 2.02. The summed E-state index contributed by atoms with van der Waals surface area (Å²) in [4.78, 5) is 15.5. The lowest BCUT2D eigenvalue weighted by Crippen LogP contribution is -2.30. The van der Waals surface area contributed by atoms with Crippen LogP contribution in [0.4, 0.5) is 0 Å². The van der Waals surface area contributed by atoms with E-state index < -0.39 is 0 Å². The Kier molecular flexibility index (Phi) is 7.05. The third-order valence-electron chi connectivity index (χ3n) is 2.60. The van der Waals surface area contributed by atoms with Gasteiger partial charge in [-0.3, -0.25) is 4.79 Å². The van der Waals surface area contributed by atoms with Crippen molar-refractivity contribution in [3.8, 4) is 0 Å². The number of nitrogens with one attached hydrogen (secondary N) is 2. The summed E-state index contributed by atoms with van der Waals surface area (Å²) in [5.41, 5.74) is 1.14. The Morgan fingerprint density at radius 2 is 2.33 bits per heavy atom. The lowest BCUT2D eigenvalue weighted by Gasteiger charge is -2.07. The quantitative estimate of drug-likeness (QED) is 0.615. The standard InChI is InChI=1S/C12H22N4O2/c1-3-16-10-14-9-11(16)8-13-5-4-12(17)15-6-7-18-2/h9-10,13H,3-8H2,1-2H3,(H,15,17). The zero-order chi connectivity index (χ0) is 13.2. The van der Waals surface area contributed by atoms with Crippen LogP contribution in [0.25, 0.3) is 0 Å². The molecule has 0 fully saturated rings. The monoisotopic (exact) mass is 254 g/mol. The van der Waals surface area contributed by atoms with Gasteiger partial charge in [-0.2, -0.15) is 0 Å². The summed E-state index contributed by atoms with van der Waals surface area (Å²) in [7, 11) is 1.62. The van der Waals surface area contributed by atoms with E-state index in [1.165, 1.54) is 0 Å². The largest absolute Gasteiger partial charge is 0.383 e. The number of aromatic nitrogens is 2. The Hall–Kier alpha value is -1.40. The van der Waals surface area contributed by atoms with Gasteiger partial charge in [-0.1, -0.05) is 0 Å². The molecule has 0 aliphatic heterocycles. The number of amides is 1. The fourth-order valence-electron chi connectivity index (χ4n) is 1.58. The van der Waals surface area contributed by atoms with Crippen molar-refractivity contribution in [2.24, 2.45) is 0 Å². The Morgan fingerprint density at radius 3 is 3.06 bits per heavy atom. The van der Waals surface area contributed by atoms with E-state index in [-0.39, 0.29) is 5.91 Å². The molecule has 1 amide bonds. The lowest BCUT2D eigenvalue weighted by atomic mass is 10.3. The molecule has 0 saturated heterocycles. The number of carbonyl (C=O) groups is 1. The van der Waals surface area contributed by atoms with Gasteiger partial charge in [-0.25, -0.2) is 4.98 Å². The van der Waals surface area contributed by atoms with Gasteiger partial charge in [0.2, 0.25) is 5.91 Å². The summed E-state index contributed by atoms with van der Waals surface area (Å²) in [6, 6.07) is 0. The topological polar surface area (TPSA) is 68.2 Å². The van der Waals surface area contributed by atoms with E-state index in [0.717, 1.165) is 18.8 Å². The number of nitrogens with zero attached hydrogens (tertiary/aromatic N) is 2. The predicted molar refractivity (Wildman–Crippen MR) is 69.1 cm³/mol. The summed E-state index contributed by atoms with van der Waals surface area (Å²) in [5.74, 6) is 0.0450. The Bertz CT molecular complexity index is 352. The maximum Gasteiger partial charge on any atom is 0.221 e. The van der Waals surface area contributed by atoms with Gasteiger partial charge in [-0.15, -0.1) is 0 Å². The van der Waals surface area contributed by atoms with Gasteiger partial charge < -0.3 is 19.9 Å². The van der Waals surface area contributed by atoms with Gasteiger partial charge in [0.15, 0.2) is 0 Å². The predicted octanol–water partition coefficient (Wildman–Crippen LogP) is 0.145. The molecule has 1 aromatic heterocycles. The fourth-order valence-corrected chi connectivity index (χ4v) is 1.58. The van der Waals surface area contributed by atoms with Crippen molar-refractivity contribution in [2.75, 3.05) is 26.8 Å². The van der Waals surface area contributed by atoms with Crippen LogP contribution >= 0.6 is 0 Å². The molecule has 102 valence electrons. The average molecular weight is 254 g/mol. The number of methoxy groups -OCH3 is 1. The van der Waals surface area contributed by atoms with Crippen LogP contribution in [-0.4, -0.2) is 42.3 Å². The molecule has 0 saturated carbocycles. The summed E-state index contributed by atoms with van der Waals surface area (Å²) < 4.78 is 6.93. The van der Waals surface area contributed by atoms with Crippen LogP contribution in [-0.2, 0) is 22.6 Å². The maximum atomic E-state index is 11.4. The fraction of sp³-hybridized carbons (Fsp3) is 0.667. The van der Waals surface area contributed by atoms with Crippen LogP contribution in [0.5, 0.6) is 0 Å². The minimum atomic E-state index is 0.0450. The molecule has 0 unspecified atom stereocenters. The highest BCUT2D eigenvalue weighted by atomic mass is 16.5. The minimum Gasteiger partial charge on any atom is -0.383 e. The van der Waals surface area contributed by atoms with Crippen molar-refractivity contribution in [3.05, 3.63) is 18.2 Å². The molecule has 1 aromatic rings. The minimum absolute atomic E-state index is 0.0450. The van der Waals surface area contributed by atoms with E-state index in [1.807, 2.05) is 12.5 Å². The van der Waals surface area contributed by atoms with Crippen molar-refractivity contribution < 1.29 is 9.53 Å². The first-order chi connectivity index (χ1) is 8.77. The molecular weight excluding hydrogens is 232 g/mol. The molecule has 18 heavy (non-hydrogen) atoms. The van der Waals surface area contributed by atoms with Crippen molar-refractivity contribution in [3.63, 3.8) is 0 Å². The second kappa shape index (κ2) is 8.66. The lowest BCUT2D eigenvalue weighted by molar-refractivity contribution is -0.121. The van der Waals surface area contributed by atoms with E-state index in [0.29, 0.717) is 26.1 Å². The normalized spacial score (nSPS) is 10.6. The molecule has 0 radical (unpaired) electrons. The molecule has 0 bridgehead atoms. The first kappa shape index (κ1) is 14.7. The van der Waals surface area contributed by atoms with Gasteiger partial charge in [0.05, 0.1) is 18.6 Å². The maximum absolute atomic E-state index is 11.4. The van der Waals surface area contributed by atoms with Crippen LogP contribution in [0, 0.1) is 0 Å². The van der Waals surface area contributed by atoms with Crippen LogP contribution in [0.3, 0.4) is 0 Å². The molecule has 1 heterocycles. The third kappa shape index (κ3) is 5.29. The number of hydrogen-bond acceptors (Lipinski definition) is 4. The molecule has 0 aliphatic rings. The molecule has 6 nitrogen and oxygen atoms in total. The highest BCUT2D eigenvalue weighted by Crippen LogP contribution is 1.97. The summed E-state index contributed by atoms with van der Waals surface area (Å²) in [6.07, 6.45) is 4.13. The second-order valence-corrected chi connectivity index (χ2v) is 3.94.